The highest BCUT2D eigenvalue weighted by Crippen LogP contribution is 2.45. The molecule has 1 aromatic rings. The maximum atomic E-state index is 13.1. The first-order valence-electron chi connectivity index (χ1n) is 6.62. The standard InChI is InChI=1S/C14H19F2NO3.ClH/c1-8(2)6-7-10(18)12(17)9-4-3-5-11-13(9)20-14(15,16)19-11;/h3-5,8,10,12,18H,6-7,17H2,1-2H3;1H/t10-,12+;/m0./s1. The third kappa shape index (κ3) is 4.18. The Morgan fingerprint density at radius 2 is 1.90 bits per heavy atom. The Balaban J connectivity index is 0.00000220. The third-order valence-electron chi connectivity index (χ3n) is 3.27. The largest absolute Gasteiger partial charge is 0.586 e. The van der Waals surface area contributed by atoms with Gasteiger partial charge in [0.1, 0.15) is 0 Å². The molecule has 2 rings (SSSR count). The number of nitrogens with two attached hydrogens (primary N) is 1. The molecule has 0 aliphatic carbocycles. The van der Waals surface area contributed by atoms with Crippen LogP contribution in [0.15, 0.2) is 18.2 Å². The average Bonchev–Trinajstić information content (AvgIpc) is 2.68. The van der Waals surface area contributed by atoms with E-state index in [1.54, 1.807) is 12.1 Å². The Labute approximate surface area is 128 Å². The van der Waals surface area contributed by atoms with Crippen molar-refractivity contribution in [2.45, 2.75) is 45.1 Å². The van der Waals surface area contributed by atoms with Crippen LogP contribution in [0.2, 0.25) is 0 Å². The van der Waals surface area contributed by atoms with Crippen LogP contribution >= 0.6 is 12.4 Å². The van der Waals surface area contributed by atoms with Crippen molar-refractivity contribution in [1.29, 1.82) is 0 Å². The smallest absolute Gasteiger partial charge is 0.395 e. The molecule has 0 bridgehead atoms. The summed E-state index contributed by atoms with van der Waals surface area (Å²) in [5.41, 5.74) is 6.29. The van der Waals surface area contributed by atoms with Gasteiger partial charge in [-0.05, 0) is 24.8 Å². The van der Waals surface area contributed by atoms with Crippen LogP contribution in [0.1, 0.15) is 38.3 Å². The Morgan fingerprint density at radius 1 is 1.24 bits per heavy atom. The molecular formula is C14H20ClF2NO3. The molecular weight excluding hydrogens is 304 g/mol. The minimum Gasteiger partial charge on any atom is -0.395 e. The number of para-hydroxylation sites is 1. The number of aliphatic hydroxyl groups excluding tert-OH is 1. The summed E-state index contributed by atoms with van der Waals surface area (Å²) >= 11 is 0. The van der Waals surface area contributed by atoms with Crippen molar-refractivity contribution in [1.82, 2.24) is 0 Å². The summed E-state index contributed by atoms with van der Waals surface area (Å²) in [5.74, 6) is 0.287. The molecule has 0 fully saturated rings. The fourth-order valence-electron chi connectivity index (χ4n) is 2.14. The van der Waals surface area contributed by atoms with Crippen LogP contribution in [0.4, 0.5) is 8.78 Å². The van der Waals surface area contributed by atoms with Crippen LogP contribution in [-0.2, 0) is 0 Å². The van der Waals surface area contributed by atoms with Crippen LogP contribution in [0.3, 0.4) is 0 Å². The van der Waals surface area contributed by atoms with Crippen molar-refractivity contribution >= 4 is 12.4 Å². The quantitative estimate of drug-likeness (QED) is 0.873. The SMILES string of the molecule is CC(C)CC[C@H](O)[C@H](N)c1cccc2c1OC(F)(F)O2.Cl. The Hall–Kier alpha value is -1.11. The van der Waals surface area contributed by atoms with E-state index in [1.165, 1.54) is 6.07 Å². The second kappa shape index (κ2) is 6.77. The van der Waals surface area contributed by atoms with Crippen molar-refractivity contribution in [3.8, 4) is 11.5 Å². The molecule has 0 spiro atoms. The van der Waals surface area contributed by atoms with E-state index in [9.17, 15) is 13.9 Å². The van der Waals surface area contributed by atoms with Crippen LogP contribution in [0, 0.1) is 5.92 Å². The summed E-state index contributed by atoms with van der Waals surface area (Å²) in [7, 11) is 0. The summed E-state index contributed by atoms with van der Waals surface area (Å²) in [5, 5.41) is 10.1. The van der Waals surface area contributed by atoms with E-state index in [0.29, 0.717) is 17.9 Å². The molecule has 1 aliphatic rings. The third-order valence-corrected chi connectivity index (χ3v) is 3.27. The maximum Gasteiger partial charge on any atom is 0.586 e. The van der Waals surface area contributed by atoms with Crippen LogP contribution in [0.25, 0.3) is 0 Å². The summed E-state index contributed by atoms with van der Waals surface area (Å²) in [4.78, 5) is 0. The predicted octanol–water partition coefficient (Wildman–Crippen LogP) is 3.23. The van der Waals surface area contributed by atoms with Gasteiger partial charge in [-0.15, -0.1) is 21.2 Å². The molecule has 1 aliphatic heterocycles. The number of halogens is 3. The van der Waals surface area contributed by atoms with Crippen molar-refractivity contribution in [3.63, 3.8) is 0 Å². The van der Waals surface area contributed by atoms with E-state index < -0.39 is 18.4 Å². The molecule has 2 atom stereocenters. The summed E-state index contributed by atoms with van der Waals surface area (Å²) < 4.78 is 35.0. The normalized spacial score (nSPS) is 18.2. The molecule has 0 aromatic heterocycles. The minimum atomic E-state index is -3.68. The van der Waals surface area contributed by atoms with E-state index in [1.807, 2.05) is 13.8 Å². The summed E-state index contributed by atoms with van der Waals surface area (Å²) in [6, 6.07) is 3.70. The number of fused-ring (bicyclic) bond motifs is 1. The van der Waals surface area contributed by atoms with Gasteiger partial charge in [-0.3, -0.25) is 0 Å². The number of alkyl halides is 2. The molecule has 1 heterocycles. The second-order valence-corrected chi connectivity index (χ2v) is 5.41. The van der Waals surface area contributed by atoms with E-state index >= 15 is 0 Å². The molecule has 0 amide bonds. The number of hydrogen-bond donors (Lipinski definition) is 2. The number of hydrogen-bond acceptors (Lipinski definition) is 4. The monoisotopic (exact) mass is 323 g/mol. The van der Waals surface area contributed by atoms with Gasteiger partial charge < -0.3 is 20.3 Å². The zero-order valence-electron chi connectivity index (χ0n) is 11.9. The second-order valence-electron chi connectivity index (χ2n) is 5.41. The van der Waals surface area contributed by atoms with Crippen LogP contribution in [0.5, 0.6) is 11.5 Å². The highest BCUT2D eigenvalue weighted by atomic mass is 35.5. The number of rotatable bonds is 5. The Kier molecular flexibility index (Phi) is 5.78. The van der Waals surface area contributed by atoms with Crippen molar-refractivity contribution in [3.05, 3.63) is 23.8 Å². The topological polar surface area (TPSA) is 64.7 Å². The molecule has 0 saturated heterocycles. The van der Waals surface area contributed by atoms with E-state index in [4.69, 9.17) is 5.73 Å². The van der Waals surface area contributed by atoms with Gasteiger partial charge >= 0.3 is 6.29 Å². The fourth-order valence-corrected chi connectivity index (χ4v) is 2.14. The van der Waals surface area contributed by atoms with Crippen molar-refractivity contribution < 1.29 is 23.4 Å². The fraction of sp³-hybridized carbons (Fsp3) is 0.571. The molecule has 0 radical (unpaired) electrons. The molecule has 0 saturated carbocycles. The lowest BCUT2D eigenvalue weighted by molar-refractivity contribution is -0.287. The lowest BCUT2D eigenvalue weighted by atomic mass is 9.95. The van der Waals surface area contributed by atoms with Gasteiger partial charge in [0.2, 0.25) is 0 Å². The molecule has 7 heteroatoms. The van der Waals surface area contributed by atoms with Crippen molar-refractivity contribution in [2.24, 2.45) is 11.7 Å². The van der Waals surface area contributed by atoms with Crippen LogP contribution < -0.4 is 15.2 Å². The van der Waals surface area contributed by atoms with Crippen LogP contribution in [-0.4, -0.2) is 17.5 Å². The highest BCUT2D eigenvalue weighted by Gasteiger charge is 2.45. The van der Waals surface area contributed by atoms with Gasteiger partial charge in [-0.25, -0.2) is 0 Å². The zero-order chi connectivity index (χ0) is 14.9. The highest BCUT2D eigenvalue weighted by molar-refractivity contribution is 5.85. The molecule has 0 unspecified atom stereocenters. The molecule has 3 N–H and O–H groups in total. The minimum absolute atomic E-state index is 0. The number of aliphatic hydroxyl groups is 1. The van der Waals surface area contributed by atoms with E-state index in [0.717, 1.165) is 6.42 Å². The maximum absolute atomic E-state index is 13.1. The number of benzene rings is 1. The van der Waals surface area contributed by atoms with E-state index in [-0.39, 0.29) is 23.9 Å². The molecule has 1 aromatic carbocycles. The summed E-state index contributed by atoms with van der Waals surface area (Å²) in [6.45, 7) is 4.08. The van der Waals surface area contributed by atoms with E-state index in [2.05, 4.69) is 9.47 Å². The predicted molar refractivity (Wildman–Crippen MR) is 76.9 cm³/mol. The number of ether oxygens (including phenoxy) is 2. The lowest BCUT2D eigenvalue weighted by Crippen LogP contribution is -2.28. The van der Waals surface area contributed by atoms with Gasteiger partial charge in [0.05, 0.1) is 12.1 Å². The molecule has 4 nitrogen and oxygen atoms in total. The van der Waals surface area contributed by atoms with Gasteiger partial charge in [-0.2, -0.15) is 0 Å². The van der Waals surface area contributed by atoms with Crippen molar-refractivity contribution in [2.75, 3.05) is 0 Å². The first kappa shape index (κ1) is 17.9. The van der Waals surface area contributed by atoms with Gasteiger partial charge in [-0.1, -0.05) is 26.0 Å². The lowest BCUT2D eigenvalue weighted by Gasteiger charge is -2.21. The Morgan fingerprint density at radius 3 is 2.52 bits per heavy atom. The average molecular weight is 324 g/mol. The van der Waals surface area contributed by atoms with Gasteiger partial charge in [0, 0.05) is 5.56 Å². The molecule has 21 heavy (non-hydrogen) atoms. The Bertz CT molecular complexity index is 485. The molecule has 120 valence electrons. The van der Waals surface area contributed by atoms with Gasteiger partial charge in [0.25, 0.3) is 0 Å². The first-order valence-corrected chi connectivity index (χ1v) is 6.62. The van der Waals surface area contributed by atoms with Gasteiger partial charge in [0.15, 0.2) is 11.5 Å². The zero-order valence-corrected chi connectivity index (χ0v) is 12.7. The first-order chi connectivity index (χ1) is 9.30. The summed E-state index contributed by atoms with van der Waals surface area (Å²) in [6.07, 6.45) is -3.19.